The number of alkyl halides is 3. The van der Waals surface area contributed by atoms with Crippen molar-refractivity contribution in [2.45, 2.75) is 31.2 Å². The van der Waals surface area contributed by atoms with Crippen molar-refractivity contribution in [2.75, 3.05) is 31.3 Å². The van der Waals surface area contributed by atoms with E-state index in [1.54, 1.807) is 18.5 Å². The Bertz CT molecular complexity index is 1430. The summed E-state index contributed by atoms with van der Waals surface area (Å²) in [7, 11) is 1.88. The first-order valence-electron chi connectivity index (χ1n) is 13.2. The summed E-state index contributed by atoms with van der Waals surface area (Å²) in [5, 5.41) is 11.7. The molecule has 0 unspecified atom stereocenters. The maximum Gasteiger partial charge on any atom is 0.416 e. The second kappa shape index (κ2) is 9.14. The molecule has 0 spiro atoms. The number of halogens is 3. The Kier molecular flexibility index (Phi) is 5.80. The summed E-state index contributed by atoms with van der Waals surface area (Å²) in [6.45, 7) is 2.69. The molecule has 2 aromatic carbocycles. The molecule has 1 N–H and O–H groups in total. The van der Waals surface area contributed by atoms with Crippen LogP contribution in [0.5, 0.6) is 0 Å². The fourth-order valence-electron chi connectivity index (χ4n) is 6.35. The molecule has 1 aromatic heterocycles. The van der Waals surface area contributed by atoms with Crippen molar-refractivity contribution in [3.63, 3.8) is 0 Å². The van der Waals surface area contributed by atoms with Crippen LogP contribution in [-0.4, -0.2) is 53.1 Å². The molecule has 0 radical (unpaired) electrons. The van der Waals surface area contributed by atoms with Crippen LogP contribution in [0.1, 0.15) is 44.4 Å². The van der Waals surface area contributed by atoms with Crippen molar-refractivity contribution in [3.05, 3.63) is 76.4 Å². The van der Waals surface area contributed by atoms with Gasteiger partial charge < -0.3 is 24.3 Å². The SMILES string of the molecule is Cn1cnnc1[C@@H](c1cccc(N2Cc3c(cc(CN[C@H]4[C@@H]5COC[C@@H]54)cc3C(F)(F)F)C2=O)c1)C1COC1. The molecule has 2 saturated heterocycles. The Morgan fingerprint density at radius 2 is 1.87 bits per heavy atom. The molecule has 39 heavy (non-hydrogen) atoms. The van der Waals surface area contributed by atoms with Crippen molar-refractivity contribution >= 4 is 11.6 Å². The van der Waals surface area contributed by atoms with Crippen LogP contribution in [-0.2, 0) is 35.8 Å². The van der Waals surface area contributed by atoms with Gasteiger partial charge in [0.05, 0.1) is 44.5 Å². The first-order valence-corrected chi connectivity index (χ1v) is 13.2. The van der Waals surface area contributed by atoms with Gasteiger partial charge in [-0.3, -0.25) is 4.79 Å². The van der Waals surface area contributed by atoms with Gasteiger partial charge in [0.2, 0.25) is 0 Å². The number of benzene rings is 2. The van der Waals surface area contributed by atoms with Crippen LogP contribution in [0, 0.1) is 17.8 Å². The largest absolute Gasteiger partial charge is 0.416 e. The van der Waals surface area contributed by atoms with Crippen LogP contribution in [0.25, 0.3) is 0 Å². The molecule has 4 aliphatic rings. The van der Waals surface area contributed by atoms with Gasteiger partial charge >= 0.3 is 6.18 Å². The van der Waals surface area contributed by atoms with E-state index >= 15 is 0 Å². The number of nitrogens with one attached hydrogen (secondary N) is 1. The number of amides is 1. The molecule has 0 bridgehead atoms. The highest BCUT2D eigenvalue weighted by molar-refractivity contribution is 6.10. The third-order valence-corrected chi connectivity index (χ3v) is 8.60. The van der Waals surface area contributed by atoms with Gasteiger partial charge in [0.15, 0.2) is 0 Å². The average Bonchev–Trinajstić information content (AvgIpc) is 3.26. The predicted octanol–water partition coefficient (Wildman–Crippen LogP) is 3.51. The van der Waals surface area contributed by atoms with Crippen molar-refractivity contribution in [3.8, 4) is 0 Å². The number of carbonyl (C=O) groups excluding carboxylic acids is 1. The molecular formula is C28H28F3N5O3. The van der Waals surface area contributed by atoms with E-state index in [1.165, 1.54) is 11.0 Å². The number of nitrogens with zero attached hydrogens (tertiary/aromatic N) is 4. The summed E-state index contributed by atoms with van der Waals surface area (Å²) in [6, 6.07) is 10.5. The van der Waals surface area contributed by atoms with Crippen LogP contribution in [0.3, 0.4) is 0 Å². The fourth-order valence-corrected chi connectivity index (χ4v) is 6.35. The Morgan fingerprint density at radius 3 is 2.54 bits per heavy atom. The summed E-state index contributed by atoms with van der Waals surface area (Å²) >= 11 is 0. The Labute approximate surface area is 223 Å². The molecule has 4 heterocycles. The first-order chi connectivity index (χ1) is 18.8. The molecule has 3 fully saturated rings. The van der Waals surface area contributed by atoms with Gasteiger partial charge in [0.1, 0.15) is 12.2 Å². The minimum absolute atomic E-state index is 0.0237. The zero-order valence-corrected chi connectivity index (χ0v) is 21.3. The number of aryl methyl sites for hydroxylation is 1. The molecule has 3 aliphatic heterocycles. The topological polar surface area (TPSA) is 81.5 Å². The second-order valence-electron chi connectivity index (χ2n) is 11.0. The molecule has 1 amide bonds. The first kappa shape index (κ1) is 24.7. The maximum absolute atomic E-state index is 14.2. The molecule has 11 heteroatoms. The molecule has 4 atom stereocenters. The number of rotatable bonds is 7. The van der Waals surface area contributed by atoms with E-state index in [1.807, 2.05) is 29.8 Å². The van der Waals surface area contributed by atoms with Crippen LogP contribution < -0.4 is 10.2 Å². The predicted molar refractivity (Wildman–Crippen MR) is 134 cm³/mol. The second-order valence-corrected chi connectivity index (χ2v) is 11.0. The van der Waals surface area contributed by atoms with E-state index in [9.17, 15) is 18.0 Å². The van der Waals surface area contributed by atoms with Crippen LogP contribution >= 0.6 is 0 Å². The van der Waals surface area contributed by atoms with Crippen molar-refractivity contribution in [1.82, 2.24) is 20.1 Å². The monoisotopic (exact) mass is 539 g/mol. The lowest BCUT2D eigenvalue weighted by atomic mass is 9.83. The van der Waals surface area contributed by atoms with Crippen LogP contribution in [0.15, 0.2) is 42.7 Å². The van der Waals surface area contributed by atoms with E-state index < -0.39 is 17.6 Å². The zero-order chi connectivity index (χ0) is 26.9. The summed E-state index contributed by atoms with van der Waals surface area (Å²) < 4.78 is 55.3. The van der Waals surface area contributed by atoms with Gasteiger partial charge in [0, 0.05) is 48.6 Å². The minimum atomic E-state index is -4.57. The smallest absolute Gasteiger partial charge is 0.381 e. The number of aromatic nitrogens is 3. The Hall–Kier alpha value is -3.28. The highest BCUT2D eigenvalue weighted by Crippen LogP contribution is 2.45. The van der Waals surface area contributed by atoms with E-state index in [2.05, 4.69) is 15.5 Å². The van der Waals surface area contributed by atoms with Gasteiger partial charge in [-0.2, -0.15) is 13.2 Å². The molecule has 204 valence electrons. The number of hydrogen-bond donors (Lipinski definition) is 1. The van der Waals surface area contributed by atoms with Crippen LogP contribution in [0.4, 0.5) is 18.9 Å². The number of carbonyl (C=O) groups is 1. The van der Waals surface area contributed by atoms with Gasteiger partial charge in [-0.1, -0.05) is 12.1 Å². The Balaban J connectivity index is 1.19. The summed E-state index contributed by atoms with van der Waals surface area (Å²) in [5.74, 6) is 1.30. The van der Waals surface area contributed by atoms with E-state index in [4.69, 9.17) is 9.47 Å². The van der Waals surface area contributed by atoms with Gasteiger partial charge in [-0.25, -0.2) is 0 Å². The standard InChI is InChI=1S/C28H28F3N5O3/c1-35-14-33-34-26(35)24(17-10-38-11-17)16-3-2-4-18(7-16)36-9-20-19(27(36)37)5-15(6-23(20)28(29,30)31)8-32-25-21-12-39-13-22(21)25/h2-7,14,17,21-22,24-25,32H,8-13H2,1H3/t21-,22+,24-,25+/m0/s1. The van der Waals surface area contributed by atoms with Gasteiger partial charge in [-0.05, 0) is 41.0 Å². The highest BCUT2D eigenvalue weighted by Gasteiger charge is 2.53. The fraction of sp³-hybridized carbons (Fsp3) is 0.464. The zero-order valence-electron chi connectivity index (χ0n) is 21.3. The number of hydrogen-bond acceptors (Lipinski definition) is 6. The molecule has 1 saturated carbocycles. The summed E-state index contributed by atoms with van der Waals surface area (Å²) in [5.41, 5.74) is 1.33. The van der Waals surface area contributed by atoms with E-state index in [0.29, 0.717) is 49.5 Å². The molecular weight excluding hydrogens is 511 g/mol. The molecule has 8 nitrogen and oxygen atoms in total. The summed E-state index contributed by atoms with van der Waals surface area (Å²) in [4.78, 5) is 15.0. The highest BCUT2D eigenvalue weighted by atomic mass is 19.4. The van der Waals surface area contributed by atoms with Crippen molar-refractivity contribution < 1.29 is 27.4 Å². The average molecular weight is 540 g/mol. The summed E-state index contributed by atoms with van der Waals surface area (Å²) in [6.07, 6.45) is -2.93. The third kappa shape index (κ3) is 4.23. The molecule has 7 rings (SSSR count). The van der Waals surface area contributed by atoms with Crippen LogP contribution in [0.2, 0.25) is 0 Å². The number of ether oxygens (including phenoxy) is 2. The molecule has 3 aromatic rings. The van der Waals surface area contributed by atoms with E-state index in [0.717, 1.165) is 11.4 Å². The normalized spacial score (nSPS) is 25.0. The van der Waals surface area contributed by atoms with Crippen molar-refractivity contribution in [2.24, 2.45) is 24.8 Å². The maximum atomic E-state index is 14.2. The molecule has 1 aliphatic carbocycles. The van der Waals surface area contributed by atoms with Gasteiger partial charge in [0.25, 0.3) is 5.91 Å². The van der Waals surface area contributed by atoms with Gasteiger partial charge in [-0.15, -0.1) is 10.2 Å². The lowest BCUT2D eigenvalue weighted by Crippen LogP contribution is -2.35. The quantitative estimate of drug-likeness (QED) is 0.495. The minimum Gasteiger partial charge on any atom is -0.381 e. The van der Waals surface area contributed by atoms with E-state index in [-0.39, 0.29) is 42.1 Å². The van der Waals surface area contributed by atoms with Crippen molar-refractivity contribution in [1.29, 1.82) is 0 Å². The lowest BCUT2D eigenvalue weighted by molar-refractivity contribution is -0.138. The lowest BCUT2D eigenvalue weighted by Gasteiger charge is -2.33. The number of fused-ring (bicyclic) bond motifs is 2. The Morgan fingerprint density at radius 1 is 1.10 bits per heavy atom. The third-order valence-electron chi connectivity index (χ3n) is 8.60. The number of anilines is 1.